The third-order valence-corrected chi connectivity index (χ3v) is 6.61. The number of hydrogen-bond donors (Lipinski definition) is 1. The fourth-order valence-corrected chi connectivity index (χ4v) is 4.75. The highest BCUT2D eigenvalue weighted by Gasteiger charge is 2.27. The molecule has 0 fully saturated rings. The number of nitro benzene ring substituents is 1. The quantitative estimate of drug-likeness (QED) is 0.521. The number of non-ortho nitro benzene ring substituents is 1. The lowest BCUT2D eigenvalue weighted by atomic mass is 10.1. The van der Waals surface area contributed by atoms with Crippen LogP contribution in [0.5, 0.6) is 0 Å². The monoisotopic (exact) mass is 453 g/mol. The SMILES string of the molecule is CC(c1cccc([N+](=O)[O-])c1)N(C)C(=O)c1ccc(Cl)c(S(=O)(=O)NC(C)(C)C)c1. The Bertz CT molecular complexity index is 1080. The van der Waals surface area contributed by atoms with E-state index in [9.17, 15) is 23.3 Å². The minimum atomic E-state index is -3.95. The third-order valence-electron chi connectivity index (χ3n) is 4.37. The summed E-state index contributed by atoms with van der Waals surface area (Å²) in [6, 6.07) is 9.56. The Labute approximate surface area is 181 Å². The second-order valence-electron chi connectivity index (χ2n) is 7.94. The van der Waals surface area contributed by atoms with Gasteiger partial charge < -0.3 is 4.90 Å². The maximum absolute atomic E-state index is 13.0. The summed E-state index contributed by atoms with van der Waals surface area (Å²) in [4.78, 5) is 24.7. The number of sulfonamides is 1. The maximum atomic E-state index is 13.0. The number of benzene rings is 2. The number of carbonyl (C=O) groups is 1. The van der Waals surface area contributed by atoms with Crippen LogP contribution in [0.2, 0.25) is 5.02 Å². The maximum Gasteiger partial charge on any atom is 0.269 e. The minimum Gasteiger partial charge on any atom is -0.335 e. The summed E-state index contributed by atoms with van der Waals surface area (Å²) in [7, 11) is -2.40. The molecule has 0 aromatic heterocycles. The molecule has 0 aliphatic rings. The number of nitro groups is 1. The van der Waals surface area contributed by atoms with Gasteiger partial charge in [0.15, 0.2) is 0 Å². The number of nitrogens with zero attached hydrogens (tertiary/aromatic N) is 2. The van der Waals surface area contributed by atoms with Crippen LogP contribution in [-0.4, -0.2) is 36.7 Å². The molecule has 0 radical (unpaired) electrons. The zero-order valence-electron chi connectivity index (χ0n) is 17.3. The summed E-state index contributed by atoms with van der Waals surface area (Å²) in [5.74, 6) is -0.446. The number of nitrogens with one attached hydrogen (secondary N) is 1. The van der Waals surface area contributed by atoms with Crippen LogP contribution < -0.4 is 4.72 Å². The van der Waals surface area contributed by atoms with E-state index in [1.165, 1.54) is 35.2 Å². The fraction of sp³-hybridized carbons (Fsp3) is 0.350. The van der Waals surface area contributed by atoms with E-state index < -0.39 is 32.4 Å². The van der Waals surface area contributed by atoms with Crippen molar-refractivity contribution in [2.75, 3.05) is 7.05 Å². The normalized spacial score (nSPS) is 13.0. The number of amides is 1. The molecule has 1 amide bonds. The molecule has 0 heterocycles. The molecular weight excluding hydrogens is 430 g/mol. The first kappa shape index (κ1) is 23.8. The third kappa shape index (κ3) is 5.56. The second-order valence-corrected chi connectivity index (χ2v) is 10.0. The summed E-state index contributed by atoms with van der Waals surface area (Å²) >= 11 is 6.09. The van der Waals surface area contributed by atoms with Crippen LogP contribution in [0.1, 0.15) is 49.7 Å². The lowest BCUT2D eigenvalue weighted by Gasteiger charge is -2.26. The molecule has 2 aromatic rings. The zero-order chi connectivity index (χ0) is 22.9. The Kier molecular flexibility index (Phi) is 6.90. The summed E-state index contributed by atoms with van der Waals surface area (Å²) in [6.45, 7) is 6.82. The lowest BCUT2D eigenvalue weighted by Crippen LogP contribution is -2.40. The van der Waals surface area contributed by atoms with Crippen molar-refractivity contribution in [1.29, 1.82) is 0 Å². The number of hydrogen-bond acceptors (Lipinski definition) is 5. The minimum absolute atomic E-state index is 0.00214. The highest BCUT2D eigenvalue weighted by atomic mass is 35.5. The van der Waals surface area contributed by atoms with E-state index >= 15 is 0 Å². The summed E-state index contributed by atoms with van der Waals surface area (Å²) in [6.07, 6.45) is 0. The largest absolute Gasteiger partial charge is 0.335 e. The Balaban J connectivity index is 2.37. The second kappa shape index (κ2) is 8.71. The van der Waals surface area contributed by atoms with Crippen molar-refractivity contribution in [3.05, 3.63) is 68.7 Å². The van der Waals surface area contributed by atoms with E-state index in [-0.39, 0.29) is 21.2 Å². The predicted octanol–water partition coefficient (Wildman–Crippen LogP) is 4.16. The predicted molar refractivity (Wildman–Crippen MR) is 115 cm³/mol. The van der Waals surface area contributed by atoms with Gasteiger partial charge in [0.25, 0.3) is 11.6 Å². The first-order valence-corrected chi connectivity index (χ1v) is 10.9. The van der Waals surface area contributed by atoms with Gasteiger partial charge in [-0.15, -0.1) is 0 Å². The number of carbonyl (C=O) groups excluding carboxylic acids is 1. The van der Waals surface area contributed by atoms with Crippen LogP contribution >= 0.6 is 11.6 Å². The molecule has 8 nitrogen and oxygen atoms in total. The van der Waals surface area contributed by atoms with Gasteiger partial charge in [0.1, 0.15) is 4.90 Å². The molecule has 0 aliphatic heterocycles. The van der Waals surface area contributed by atoms with E-state index in [1.54, 1.807) is 46.9 Å². The number of halogens is 1. The summed E-state index contributed by atoms with van der Waals surface area (Å²) in [5, 5.41) is 11.0. The van der Waals surface area contributed by atoms with Crippen LogP contribution in [0.4, 0.5) is 5.69 Å². The van der Waals surface area contributed by atoms with E-state index in [0.717, 1.165) is 0 Å². The molecule has 1 N–H and O–H groups in total. The molecule has 0 aliphatic carbocycles. The van der Waals surface area contributed by atoms with Crippen LogP contribution in [0.15, 0.2) is 47.4 Å². The van der Waals surface area contributed by atoms with Crippen LogP contribution in [-0.2, 0) is 10.0 Å². The highest BCUT2D eigenvalue weighted by molar-refractivity contribution is 7.89. The van der Waals surface area contributed by atoms with Crippen molar-refractivity contribution in [3.8, 4) is 0 Å². The molecule has 162 valence electrons. The van der Waals surface area contributed by atoms with E-state index in [0.29, 0.717) is 5.56 Å². The van der Waals surface area contributed by atoms with Crippen molar-refractivity contribution in [2.24, 2.45) is 0 Å². The Morgan fingerprint density at radius 3 is 2.40 bits per heavy atom. The van der Waals surface area contributed by atoms with Crippen molar-refractivity contribution >= 4 is 33.2 Å². The zero-order valence-corrected chi connectivity index (χ0v) is 18.9. The average Bonchev–Trinajstić information content (AvgIpc) is 2.64. The molecular formula is C20H24ClN3O5S. The van der Waals surface area contributed by atoms with E-state index in [2.05, 4.69) is 4.72 Å². The Morgan fingerprint density at radius 1 is 1.20 bits per heavy atom. The van der Waals surface area contributed by atoms with Crippen molar-refractivity contribution in [3.63, 3.8) is 0 Å². The molecule has 2 rings (SSSR count). The van der Waals surface area contributed by atoms with Gasteiger partial charge in [0, 0.05) is 30.3 Å². The summed E-state index contributed by atoms with van der Waals surface area (Å²) in [5.41, 5.74) is -0.0896. The molecule has 0 spiro atoms. The average molecular weight is 454 g/mol. The molecule has 0 bridgehead atoms. The van der Waals surface area contributed by atoms with E-state index in [4.69, 9.17) is 11.6 Å². The molecule has 0 saturated carbocycles. The standard InChI is InChI=1S/C20H24ClN3O5S/c1-13(14-7-6-8-16(11-14)24(26)27)23(5)19(25)15-9-10-17(21)18(12-15)30(28,29)22-20(2,3)4/h6-13,22H,1-5H3. The van der Waals surface area contributed by atoms with Crippen molar-refractivity contribution in [2.45, 2.75) is 44.2 Å². The highest BCUT2D eigenvalue weighted by Crippen LogP contribution is 2.27. The molecule has 10 heteroatoms. The van der Waals surface area contributed by atoms with Gasteiger partial charge in [-0.2, -0.15) is 0 Å². The van der Waals surface area contributed by atoms with Crippen molar-refractivity contribution in [1.82, 2.24) is 9.62 Å². The number of rotatable bonds is 6. The van der Waals surface area contributed by atoms with Gasteiger partial charge in [-0.3, -0.25) is 14.9 Å². The first-order valence-electron chi connectivity index (χ1n) is 9.08. The molecule has 2 aromatic carbocycles. The lowest BCUT2D eigenvalue weighted by molar-refractivity contribution is -0.384. The Morgan fingerprint density at radius 2 is 1.83 bits per heavy atom. The van der Waals surface area contributed by atoms with Crippen molar-refractivity contribution < 1.29 is 18.1 Å². The molecule has 0 saturated heterocycles. The summed E-state index contributed by atoms with van der Waals surface area (Å²) < 4.78 is 27.9. The Hall–Kier alpha value is -2.49. The van der Waals surface area contributed by atoms with Gasteiger partial charge in [-0.05, 0) is 51.5 Å². The van der Waals surface area contributed by atoms with Gasteiger partial charge in [-0.25, -0.2) is 13.1 Å². The topological polar surface area (TPSA) is 110 Å². The van der Waals surface area contributed by atoms with Gasteiger partial charge in [-0.1, -0.05) is 23.7 Å². The van der Waals surface area contributed by atoms with Crippen LogP contribution in [0.25, 0.3) is 0 Å². The van der Waals surface area contributed by atoms with Crippen LogP contribution in [0, 0.1) is 10.1 Å². The van der Waals surface area contributed by atoms with E-state index in [1.807, 2.05) is 0 Å². The van der Waals surface area contributed by atoms with Gasteiger partial charge in [0.05, 0.1) is 16.0 Å². The first-order chi connectivity index (χ1) is 13.7. The molecule has 30 heavy (non-hydrogen) atoms. The van der Waals surface area contributed by atoms with Crippen LogP contribution in [0.3, 0.4) is 0 Å². The fourth-order valence-electron chi connectivity index (χ4n) is 2.80. The smallest absolute Gasteiger partial charge is 0.269 e. The van der Waals surface area contributed by atoms with Gasteiger partial charge >= 0.3 is 0 Å². The molecule has 1 atom stereocenters. The molecule has 1 unspecified atom stereocenters. The van der Waals surface area contributed by atoms with Gasteiger partial charge in [0.2, 0.25) is 10.0 Å².